The average Bonchev–Trinajstić information content (AvgIpc) is 2.83. The van der Waals surface area contributed by atoms with E-state index in [0.717, 1.165) is 11.0 Å². The molecular formula is C18H13F8N3O3S2. The van der Waals surface area contributed by atoms with Crippen LogP contribution >= 0.6 is 22.4 Å². The third-order valence-electron chi connectivity index (χ3n) is 4.95. The van der Waals surface area contributed by atoms with Crippen LogP contribution in [-0.2, 0) is 11.0 Å². The number of thiocarbonyl (C=S) groups is 1. The first-order valence-corrected chi connectivity index (χ1v) is 11.3. The Kier molecular flexibility index (Phi) is 5.10. The Bertz CT molecular complexity index is 1230. The second kappa shape index (κ2) is 6.78. The molecule has 0 atom stereocenters. The smallest absolute Gasteiger partial charge is 0.304 e. The number of anilines is 2. The molecule has 186 valence electrons. The van der Waals surface area contributed by atoms with Crippen molar-refractivity contribution in [2.24, 2.45) is 0 Å². The van der Waals surface area contributed by atoms with Crippen LogP contribution in [-0.4, -0.2) is 21.5 Å². The highest BCUT2D eigenvalue weighted by Gasteiger charge is 2.65. The number of rotatable bonds is 4. The molecule has 6 nitrogen and oxygen atoms in total. The number of alkyl halides is 3. The molecule has 0 saturated carbocycles. The largest absolute Gasteiger partial charge is 0.418 e. The Morgan fingerprint density at radius 1 is 1.00 bits per heavy atom. The van der Waals surface area contributed by atoms with Crippen LogP contribution in [0.2, 0.25) is 0 Å². The zero-order chi connectivity index (χ0) is 26.1. The van der Waals surface area contributed by atoms with Crippen LogP contribution in [0.4, 0.5) is 49.7 Å². The van der Waals surface area contributed by atoms with Gasteiger partial charge in [-0.05, 0) is 56.4 Å². The number of amides is 1. The Hall–Kier alpha value is -3.01. The van der Waals surface area contributed by atoms with Crippen molar-refractivity contribution in [3.8, 4) is 0 Å². The number of nitro benzene ring substituents is 1. The van der Waals surface area contributed by atoms with Crippen molar-refractivity contribution >= 4 is 50.5 Å². The number of nitro groups is 1. The zero-order valence-electron chi connectivity index (χ0n) is 16.9. The Labute approximate surface area is 191 Å². The van der Waals surface area contributed by atoms with Crippen molar-refractivity contribution in [3.05, 3.63) is 58.1 Å². The molecular weight excluding hydrogens is 522 g/mol. The van der Waals surface area contributed by atoms with Gasteiger partial charge in [-0.2, -0.15) is 13.2 Å². The minimum atomic E-state index is -10.00. The van der Waals surface area contributed by atoms with Crippen molar-refractivity contribution in [1.29, 1.82) is 0 Å². The minimum Gasteiger partial charge on any atom is -0.304 e. The minimum absolute atomic E-state index is 0.0791. The van der Waals surface area contributed by atoms with E-state index < -0.39 is 59.7 Å². The summed E-state index contributed by atoms with van der Waals surface area (Å²) < 4.78 is 106. The number of hydrogen-bond donors (Lipinski definition) is 0. The number of carbonyl (C=O) groups excluding carboxylic acids is 1. The molecule has 34 heavy (non-hydrogen) atoms. The summed E-state index contributed by atoms with van der Waals surface area (Å²) in [6, 6.07) is 2.98. The molecule has 16 heteroatoms. The number of carbonyl (C=O) groups is 1. The zero-order valence-corrected chi connectivity index (χ0v) is 18.6. The molecule has 1 heterocycles. The van der Waals surface area contributed by atoms with E-state index in [9.17, 15) is 47.5 Å². The highest BCUT2D eigenvalue weighted by molar-refractivity contribution is 8.45. The predicted molar refractivity (Wildman–Crippen MR) is 113 cm³/mol. The van der Waals surface area contributed by atoms with Gasteiger partial charge in [0.2, 0.25) is 0 Å². The van der Waals surface area contributed by atoms with Crippen molar-refractivity contribution in [2.45, 2.75) is 30.5 Å². The highest BCUT2D eigenvalue weighted by Crippen LogP contribution is 3.02. The predicted octanol–water partition coefficient (Wildman–Crippen LogP) is 7.19. The third-order valence-corrected chi connectivity index (χ3v) is 6.47. The normalized spacial score (nSPS) is 18.6. The molecule has 1 fully saturated rings. The van der Waals surface area contributed by atoms with E-state index in [4.69, 9.17) is 12.2 Å². The molecule has 0 N–H and O–H groups in total. The van der Waals surface area contributed by atoms with E-state index in [1.807, 2.05) is 0 Å². The molecule has 1 aliphatic rings. The number of nitrogens with zero attached hydrogens (tertiary/aromatic N) is 3. The molecule has 0 radical (unpaired) electrons. The van der Waals surface area contributed by atoms with Crippen molar-refractivity contribution in [3.63, 3.8) is 0 Å². The SMILES string of the molecule is CC1(C)C(=O)N(c2ccc([N+](=O)[O-])cc2C(F)(F)F)C(=S)N1c1ccc(S(F)(F)(F)(F)F)cc1. The molecule has 1 saturated heterocycles. The number of benzene rings is 2. The molecule has 1 aliphatic heterocycles. The number of hydrogen-bond acceptors (Lipinski definition) is 4. The molecule has 2 aromatic carbocycles. The Morgan fingerprint density at radius 3 is 1.97 bits per heavy atom. The lowest BCUT2D eigenvalue weighted by atomic mass is 10.0. The molecule has 0 spiro atoms. The first kappa shape index (κ1) is 25.6. The Balaban J connectivity index is 2.14. The summed E-state index contributed by atoms with van der Waals surface area (Å²) >= 11 is 5.14. The molecule has 0 aliphatic carbocycles. The summed E-state index contributed by atoms with van der Waals surface area (Å²) in [6.07, 6.45) is -5.14. The summed E-state index contributed by atoms with van der Waals surface area (Å²) in [5.41, 5.74) is -5.32. The van der Waals surface area contributed by atoms with E-state index >= 15 is 0 Å². The monoisotopic (exact) mass is 535 g/mol. The highest BCUT2D eigenvalue weighted by atomic mass is 32.5. The lowest BCUT2D eigenvalue weighted by Gasteiger charge is -2.40. The van der Waals surface area contributed by atoms with Crippen LogP contribution in [0.1, 0.15) is 19.4 Å². The molecule has 3 rings (SSSR count). The van der Waals surface area contributed by atoms with E-state index in [-0.39, 0.29) is 23.9 Å². The van der Waals surface area contributed by atoms with Gasteiger partial charge in [0.05, 0.1) is 16.2 Å². The van der Waals surface area contributed by atoms with Crippen LogP contribution in [0.3, 0.4) is 0 Å². The number of non-ortho nitro benzene ring substituents is 1. The topological polar surface area (TPSA) is 66.7 Å². The second-order valence-corrected chi connectivity index (χ2v) is 10.5. The van der Waals surface area contributed by atoms with Gasteiger partial charge < -0.3 is 4.90 Å². The second-order valence-electron chi connectivity index (χ2n) is 7.74. The quantitative estimate of drug-likeness (QED) is 0.180. The first-order chi connectivity index (χ1) is 15.1. The lowest BCUT2D eigenvalue weighted by Crippen LogP contribution is -2.44. The van der Waals surface area contributed by atoms with Crippen LogP contribution < -0.4 is 9.80 Å². The van der Waals surface area contributed by atoms with Crippen molar-refractivity contribution < 1.29 is 42.3 Å². The fourth-order valence-electron chi connectivity index (χ4n) is 3.35. The third kappa shape index (κ3) is 4.38. The van der Waals surface area contributed by atoms with Gasteiger partial charge in [-0.15, -0.1) is 0 Å². The average molecular weight is 535 g/mol. The van der Waals surface area contributed by atoms with Crippen LogP contribution in [0.15, 0.2) is 47.4 Å². The van der Waals surface area contributed by atoms with Gasteiger partial charge in [0, 0.05) is 17.8 Å². The van der Waals surface area contributed by atoms with Crippen molar-refractivity contribution in [1.82, 2.24) is 0 Å². The molecule has 1 amide bonds. The lowest BCUT2D eigenvalue weighted by molar-refractivity contribution is -0.385. The Morgan fingerprint density at radius 2 is 1.53 bits per heavy atom. The van der Waals surface area contributed by atoms with Crippen LogP contribution in [0.25, 0.3) is 0 Å². The molecule has 0 bridgehead atoms. The van der Waals surface area contributed by atoms with Gasteiger partial charge in [-0.3, -0.25) is 19.8 Å². The van der Waals surface area contributed by atoms with E-state index in [0.29, 0.717) is 23.1 Å². The standard InChI is InChI=1S/C18H13F8N3O3S2/c1-17(2)15(30)27(14-8-5-11(29(31)32)9-13(14)18(19,20)21)16(33)28(17)10-3-6-12(7-4-10)34(22,23,24,25)26/h3-9H,1-2H3. The van der Waals surface area contributed by atoms with Crippen molar-refractivity contribution in [2.75, 3.05) is 9.80 Å². The van der Waals surface area contributed by atoms with E-state index in [1.165, 1.54) is 13.8 Å². The summed E-state index contributed by atoms with van der Waals surface area (Å²) in [7, 11) is -10.00. The van der Waals surface area contributed by atoms with Crippen LogP contribution in [0, 0.1) is 10.1 Å². The summed E-state index contributed by atoms with van der Waals surface area (Å²) in [5.74, 6) is -1.03. The van der Waals surface area contributed by atoms with Gasteiger partial charge in [0.15, 0.2) is 5.11 Å². The van der Waals surface area contributed by atoms with Gasteiger partial charge in [0.1, 0.15) is 10.4 Å². The molecule has 0 aromatic heterocycles. The summed E-state index contributed by atoms with van der Waals surface area (Å²) in [6.45, 7) is 2.41. The van der Waals surface area contributed by atoms with Crippen LogP contribution in [0.5, 0.6) is 0 Å². The molecule has 2 aromatic rings. The summed E-state index contributed by atoms with van der Waals surface area (Å²) in [5, 5.41) is 10.3. The van der Waals surface area contributed by atoms with Gasteiger partial charge >= 0.3 is 16.4 Å². The summed E-state index contributed by atoms with van der Waals surface area (Å²) in [4.78, 5) is 22.0. The van der Waals surface area contributed by atoms with Gasteiger partial charge in [-0.1, -0.05) is 19.4 Å². The molecule has 0 unspecified atom stereocenters. The first-order valence-electron chi connectivity index (χ1n) is 8.94. The maximum absolute atomic E-state index is 13.6. The maximum Gasteiger partial charge on any atom is 0.418 e. The van der Waals surface area contributed by atoms with E-state index in [1.54, 1.807) is 0 Å². The maximum atomic E-state index is 13.6. The van der Waals surface area contributed by atoms with Gasteiger partial charge in [-0.25, -0.2) is 0 Å². The number of halogens is 8. The fourth-order valence-corrected chi connectivity index (χ4v) is 4.52. The van der Waals surface area contributed by atoms with E-state index in [2.05, 4.69) is 0 Å². The van der Waals surface area contributed by atoms with Gasteiger partial charge in [0.25, 0.3) is 11.6 Å². The fraction of sp³-hybridized carbons (Fsp3) is 0.222.